The minimum absolute atomic E-state index is 0.0346. The second-order valence-corrected chi connectivity index (χ2v) is 6.80. The van der Waals surface area contributed by atoms with E-state index in [1.807, 2.05) is 11.8 Å². The van der Waals surface area contributed by atoms with E-state index in [0.29, 0.717) is 41.9 Å². The molecule has 2 aromatic carbocycles. The molecule has 1 aliphatic heterocycles. The van der Waals surface area contributed by atoms with Crippen molar-refractivity contribution in [1.82, 2.24) is 4.90 Å². The summed E-state index contributed by atoms with van der Waals surface area (Å²) in [5.74, 6) is -0.358. The van der Waals surface area contributed by atoms with E-state index in [-0.39, 0.29) is 17.3 Å². The van der Waals surface area contributed by atoms with Crippen molar-refractivity contribution < 1.29 is 31.8 Å². The summed E-state index contributed by atoms with van der Waals surface area (Å²) in [6, 6.07) is 12.4. The number of likely N-dealkylation sites (tertiary alicyclic amines) is 1. The number of carbonyl (C=O) groups is 1. The fraction of sp³-hybridized carbons (Fsp3) is 0.261. The highest BCUT2D eigenvalue weighted by Crippen LogP contribution is 2.29. The lowest BCUT2D eigenvalue weighted by atomic mass is 9.94. The zero-order chi connectivity index (χ0) is 22.4. The maximum Gasteiger partial charge on any atom is 0.387 e. The van der Waals surface area contributed by atoms with Crippen LogP contribution in [0.2, 0.25) is 0 Å². The summed E-state index contributed by atoms with van der Waals surface area (Å²) in [7, 11) is 0. The molecule has 0 bridgehead atoms. The fourth-order valence-corrected chi connectivity index (χ4v) is 3.32. The van der Waals surface area contributed by atoms with Gasteiger partial charge in [0.1, 0.15) is 11.5 Å². The molecule has 0 unspecified atom stereocenters. The number of likely N-dealkylation sites (N-methyl/N-ethyl adjacent to an activating group) is 1. The molecule has 0 amide bonds. The van der Waals surface area contributed by atoms with Gasteiger partial charge < -0.3 is 9.47 Å². The molecule has 0 aromatic heterocycles. The predicted octanol–water partition coefficient (Wildman–Crippen LogP) is 5.26. The standard InChI is InChI=1S/C23H21F4NO3/c1-2-28-13-17(11-15-7-3-5-9-19(15)30-22(24)25)21(29)18(14-28)12-16-8-4-6-10-20(16)31-23(26)27/h3-12,22-23H,2,13-14H2,1H3. The molecular formula is C23H21F4NO3. The SMILES string of the molecule is CCN1CC(=Cc2ccccc2OC(F)F)C(=O)C(=Cc2ccccc2OC(F)F)C1. The van der Waals surface area contributed by atoms with Crippen molar-refractivity contribution in [3.8, 4) is 11.5 Å². The Morgan fingerprint density at radius 2 is 1.26 bits per heavy atom. The van der Waals surface area contributed by atoms with E-state index in [1.165, 1.54) is 24.3 Å². The summed E-state index contributed by atoms with van der Waals surface area (Å²) < 4.78 is 59.9. The summed E-state index contributed by atoms with van der Waals surface area (Å²) in [5, 5.41) is 0. The van der Waals surface area contributed by atoms with Crippen molar-refractivity contribution in [2.75, 3.05) is 19.6 Å². The molecule has 1 aliphatic rings. The van der Waals surface area contributed by atoms with Crippen molar-refractivity contribution in [1.29, 1.82) is 0 Å². The van der Waals surface area contributed by atoms with E-state index in [4.69, 9.17) is 0 Å². The van der Waals surface area contributed by atoms with Crippen molar-refractivity contribution in [3.05, 3.63) is 70.8 Å². The number of ether oxygens (including phenoxy) is 2. The number of hydrogen-bond donors (Lipinski definition) is 0. The van der Waals surface area contributed by atoms with Crippen LogP contribution in [-0.2, 0) is 4.79 Å². The topological polar surface area (TPSA) is 38.8 Å². The van der Waals surface area contributed by atoms with Crippen molar-refractivity contribution in [2.24, 2.45) is 0 Å². The minimum Gasteiger partial charge on any atom is -0.434 e. The number of carbonyl (C=O) groups excluding carboxylic acids is 1. The van der Waals surface area contributed by atoms with Crippen molar-refractivity contribution in [3.63, 3.8) is 0 Å². The number of halogens is 4. The van der Waals surface area contributed by atoms with Crippen LogP contribution in [0.1, 0.15) is 18.1 Å². The van der Waals surface area contributed by atoms with Gasteiger partial charge in [-0.05, 0) is 30.8 Å². The van der Waals surface area contributed by atoms with E-state index in [1.54, 1.807) is 36.4 Å². The lowest BCUT2D eigenvalue weighted by Crippen LogP contribution is -2.37. The van der Waals surface area contributed by atoms with Gasteiger partial charge in [0.05, 0.1) is 0 Å². The summed E-state index contributed by atoms with van der Waals surface area (Å²) in [5.41, 5.74) is 1.48. The number of Topliss-reactive ketones (excluding diaryl/α,β-unsaturated/α-hetero) is 1. The summed E-state index contributed by atoms with van der Waals surface area (Å²) >= 11 is 0. The van der Waals surface area contributed by atoms with Crippen LogP contribution in [0, 0.1) is 0 Å². The molecular weight excluding hydrogens is 414 g/mol. The van der Waals surface area contributed by atoms with Crippen LogP contribution in [0.15, 0.2) is 59.7 Å². The first-order valence-corrected chi connectivity index (χ1v) is 9.63. The molecule has 164 valence electrons. The molecule has 0 saturated carbocycles. The summed E-state index contributed by atoms with van der Waals surface area (Å²) in [6.07, 6.45) is 3.05. The third-order valence-electron chi connectivity index (χ3n) is 4.75. The van der Waals surface area contributed by atoms with Crippen LogP contribution >= 0.6 is 0 Å². The lowest BCUT2D eigenvalue weighted by Gasteiger charge is -2.28. The number of ketones is 1. The monoisotopic (exact) mass is 435 g/mol. The normalized spacial score (nSPS) is 17.7. The van der Waals surface area contributed by atoms with Gasteiger partial charge >= 0.3 is 13.2 Å². The highest BCUT2D eigenvalue weighted by atomic mass is 19.3. The molecule has 8 heteroatoms. The van der Waals surface area contributed by atoms with Gasteiger partial charge in [-0.15, -0.1) is 0 Å². The predicted molar refractivity (Wildman–Crippen MR) is 109 cm³/mol. The maximum atomic E-state index is 13.1. The van der Waals surface area contributed by atoms with Gasteiger partial charge in [0.2, 0.25) is 0 Å². The maximum absolute atomic E-state index is 13.1. The Morgan fingerprint density at radius 3 is 1.65 bits per heavy atom. The first kappa shape index (κ1) is 22.6. The van der Waals surface area contributed by atoms with Crippen LogP contribution in [0.3, 0.4) is 0 Å². The van der Waals surface area contributed by atoms with Crippen molar-refractivity contribution in [2.45, 2.75) is 20.1 Å². The Morgan fingerprint density at radius 1 is 0.839 bits per heavy atom. The highest BCUT2D eigenvalue weighted by molar-refractivity contribution is 6.14. The Hall–Kier alpha value is -3.13. The molecule has 0 radical (unpaired) electrons. The first-order valence-electron chi connectivity index (χ1n) is 9.63. The quantitative estimate of drug-likeness (QED) is 0.439. The van der Waals surface area contributed by atoms with Crippen LogP contribution in [0.5, 0.6) is 11.5 Å². The molecule has 1 heterocycles. The van der Waals surface area contributed by atoms with Crippen LogP contribution in [0.25, 0.3) is 12.2 Å². The average Bonchev–Trinajstić information content (AvgIpc) is 2.72. The number of nitrogens with zero attached hydrogens (tertiary/aromatic N) is 1. The van der Waals surface area contributed by atoms with E-state index in [9.17, 15) is 22.4 Å². The third-order valence-corrected chi connectivity index (χ3v) is 4.75. The van der Waals surface area contributed by atoms with Gasteiger partial charge in [0, 0.05) is 35.4 Å². The van der Waals surface area contributed by atoms with E-state index in [2.05, 4.69) is 9.47 Å². The summed E-state index contributed by atoms with van der Waals surface area (Å²) in [6.45, 7) is -2.78. The summed E-state index contributed by atoms with van der Waals surface area (Å²) in [4.78, 5) is 15.1. The van der Waals surface area contributed by atoms with E-state index < -0.39 is 13.2 Å². The minimum atomic E-state index is -2.99. The number of hydrogen-bond acceptors (Lipinski definition) is 4. The zero-order valence-electron chi connectivity index (χ0n) is 16.7. The van der Waals surface area contributed by atoms with Crippen molar-refractivity contribution >= 4 is 17.9 Å². The number of para-hydroxylation sites is 2. The second-order valence-electron chi connectivity index (χ2n) is 6.80. The molecule has 3 rings (SSSR count). The molecule has 0 atom stereocenters. The lowest BCUT2D eigenvalue weighted by molar-refractivity contribution is -0.113. The largest absolute Gasteiger partial charge is 0.434 e. The molecule has 0 N–H and O–H groups in total. The number of alkyl halides is 4. The van der Waals surface area contributed by atoms with Gasteiger partial charge in [-0.25, -0.2) is 0 Å². The second kappa shape index (κ2) is 10.3. The smallest absolute Gasteiger partial charge is 0.387 e. The molecule has 1 fully saturated rings. The van der Waals surface area contributed by atoms with Crippen LogP contribution in [0.4, 0.5) is 17.6 Å². The Bertz CT molecular complexity index is 913. The molecule has 2 aromatic rings. The molecule has 4 nitrogen and oxygen atoms in total. The van der Waals surface area contributed by atoms with Gasteiger partial charge in [-0.2, -0.15) is 17.6 Å². The Kier molecular flexibility index (Phi) is 7.46. The Labute approximate surface area is 177 Å². The number of benzene rings is 2. The fourth-order valence-electron chi connectivity index (χ4n) is 3.32. The third kappa shape index (κ3) is 5.95. The van der Waals surface area contributed by atoms with Gasteiger partial charge in [0.15, 0.2) is 5.78 Å². The van der Waals surface area contributed by atoms with Gasteiger partial charge in [-0.1, -0.05) is 43.3 Å². The first-order chi connectivity index (χ1) is 14.9. The van der Waals surface area contributed by atoms with E-state index in [0.717, 1.165) is 0 Å². The van der Waals surface area contributed by atoms with Gasteiger partial charge in [0.25, 0.3) is 0 Å². The number of rotatable bonds is 7. The average molecular weight is 435 g/mol. The van der Waals surface area contributed by atoms with Gasteiger partial charge in [-0.3, -0.25) is 9.69 Å². The molecule has 1 saturated heterocycles. The van der Waals surface area contributed by atoms with Crippen LogP contribution < -0.4 is 9.47 Å². The molecule has 31 heavy (non-hydrogen) atoms. The number of piperidine rings is 1. The molecule has 0 aliphatic carbocycles. The Balaban J connectivity index is 1.98. The highest BCUT2D eigenvalue weighted by Gasteiger charge is 2.26. The zero-order valence-corrected chi connectivity index (χ0v) is 16.7. The van der Waals surface area contributed by atoms with E-state index >= 15 is 0 Å². The van der Waals surface area contributed by atoms with Crippen LogP contribution in [-0.4, -0.2) is 43.5 Å². The molecule has 0 spiro atoms.